The Balaban J connectivity index is 1.86. The van der Waals surface area contributed by atoms with Gasteiger partial charge in [0.25, 0.3) is 5.56 Å². The Morgan fingerprint density at radius 3 is 2.45 bits per heavy atom. The molecule has 0 saturated heterocycles. The number of nitrogens with two attached hydrogens (primary N) is 1. The smallest absolute Gasteiger partial charge is 0.256 e. The molecule has 0 aliphatic rings. The molecule has 31 heavy (non-hydrogen) atoms. The lowest BCUT2D eigenvalue weighted by Crippen LogP contribution is -2.08. The van der Waals surface area contributed by atoms with E-state index in [1.807, 2.05) is 18.3 Å². The Hall–Kier alpha value is -3.77. The molecule has 5 rings (SSSR count). The molecule has 0 aliphatic heterocycles. The monoisotopic (exact) mass is 412 g/mol. The van der Waals surface area contributed by atoms with Crippen molar-refractivity contribution in [1.29, 1.82) is 0 Å². The highest BCUT2D eigenvalue weighted by Crippen LogP contribution is 2.35. The van der Waals surface area contributed by atoms with Crippen molar-refractivity contribution in [3.63, 3.8) is 0 Å². The van der Waals surface area contributed by atoms with Crippen molar-refractivity contribution in [3.8, 4) is 22.3 Å². The number of benzene rings is 3. The Bertz CT molecular complexity index is 1440. The second-order valence-electron chi connectivity index (χ2n) is 7.64. The third-order valence-corrected chi connectivity index (χ3v) is 5.72. The molecule has 0 fully saturated rings. The highest BCUT2D eigenvalue weighted by Gasteiger charge is 2.15. The number of aromatic amines is 2. The minimum Gasteiger partial charge on any atom is -0.330 e. The van der Waals surface area contributed by atoms with Gasteiger partial charge in [-0.25, -0.2) is 4.39 Å². The van der Waals surface area contributed by atoms with Crippen molar-refractivity contribution < 1.29 is 4.39 Å². The van der Waals surface area contributed by atoms with E-state index in [0.29, 0.717) is 11.9 Å². The standard InChI is InChI=1S/C25H21FN4O/c26-19-6-3-15(4-7-19)23-14-28-25(31)24-21-10-16(18-12-29-30-13-18)5-8-20(21)17(2-1-9-27)11-22(23)24/h3-8,10-14H,1-2,9,27H2,(H,28,31)(H,29,30). The minimum atomic E-state index is -0.295. The third kappa shape index (κ3) is 3.41. The number of pyridine rings is 1. The highest BCUT2D eigenvalue weighted by molar-refractivity contribution is 6.13. The molecule has 0 bridgehead atoms. The Morgan fingerprint density at radius 1 is 0.903 bits per heavy atom. The van der Waals surface area contributed by atoms with Crippen LogP contribution in [0, 0.1) is 5.82 Å². The summed E-state index contributed by atoms with van der Waals surface area (Å²) in [6.45, 7) is 0.590. The number of hydrogen-bond acceptors (Lipinski definition) is 3. The van der Waals surface area contributed by atoms with Crippen LogP contribution in [0.15, 0.2) is 71.9 Å². The van der Waals surface area contributed by atoms with Gasteiger partial charge >= 0.3 is 0 Å². The van der Waals surface area contributed by atoms with E-state index in [4.69, 9.17) is 5.73 Å². The zero-order chi connectivity index (χ0) is 21.4. The van der Waals surface area contributed by atoms with E-state index in [0.717, 1.165) is 56.8 Å². The number of aryl methyl sites for hydroxylation is 1. The van der Waals surface area contributed by atoms with Gasteiger partial charge < -0.3 is 10.7 Å². The van der Waals surface area contributed by atoms with Gasteiger partial charge in [-0.3, -0.25) is 9.89 Å². The molecule has 0 atom stereocenters. The highest BCUT2D eigenvalue weighted by atomic mass is 19.1. The lowest BCUT2D eigenvalue weighted by Gasteiger charge is -2.14. The normalized spacial score (nSPS) is 11.4. The molecule has 2 aromatic heterocycles. The summed E-state index contributed by atoms with van der Waals surface area (Å²) in [4.78, 5) is 15.9. The predicted octanol–water partition coefficient (Wildman–Crippen LogP) is 4.77. The first kappa shape index (κ1) is 19.2. The fraction of sp³-hybridized carbons (Fsp3) is 0.120. The van der Waals surface area contributed by atoms with Gasteiger partial charge in [0.15, 0.2) is 0 Å². The number of nitrogens with zero attached hydrogens (tertiary/aromatic N) is 1. The zero-order valence-corrected chi connectivity index (χ0v) is 16.8. The Kier molecular flexibility index (Phi) is 4.84. The fourth-order valence-corrected chi connectivity index (χ4v) is 4.20. The molecule has 0 unspecified atom stereocenters. The first-order chi connectivity index (χ1) is 15.2. The van der Waals surface area contributed by atoms with Gasteiger partial charge in [0, 0.05) is 23.5 Å². The maximum Gasteiger partial charge on any atom is 0.256 e. The fourth-order valence-electron chi connectivity index (χ4n) is 4.20. The number of fused-ring (bicyclic) bond motifs is 3. The second-order valence-corrected chi connectivity index (χ2v) is 7.64. The lowest BCUT2D eigenvalue weighted by atomic mass is 9.90. The third-order valence-electron chi connectivity index (χ3n) is 5.72. The number of aromatic nitrogens is 3. The SMILES string of the molecule is NCCCc1cc2c(-c3ccc(F)cc3)c[nH]c(=O)c2c2cc(-c3cn[nH]c3)ccc12. The van der Waals surface area contributed by atoms with Crippen molar-refractivity contribution in [2.45, 2.75) is 12.8 Å². The van der Waals surface area contributed by atoms with Gasteiger partial charge in [0.2, 0.25) is 0 Å². The van der Waals surface area contributed by atoms with Gasteiger partial charge in [0.05, 0.1) is 11.6 Å². The first-order valence-electron chi connectivity index (χ1n) is 10.2. The molecular formula is C25H21FN4O. The largest absolute Gasteiger partial charge is 0.330 e. The molecule has 5 nitrogen and oxygen atoms in total. The number of H-pyrrole nitrogens is 2. The zero-order valence-electron chi connectivity index (χ0n) is 16.8. The summed E-state index contributed by atoms with van der Waals surface area (Å²) in [7, 11) is 0. The van der Waals surface area contributed by atoms with Crippen LogP contribution in [-0.2, 0) is 6.42 Å². The molecule has 154 valence electrons. The summed E-state index contributed by atoms with van der Waals surface area (Å²) >= 11 is 0. The number of halogens is 1. The number of nitrogens with one attached hydrogen (secondary N) is 2. The van der Waals surface area contributed by atoms with Crippen LogP contribution in [0.25, 0.3) is 43.8 Å². The van der Waals surface area contributed by atoms with Crippen molar-refractivity contribution in [3.05, 3.63) is 88.9 Å². The Labute approximate surface area is 177 Å². The average molecular weight is 412 g/mol. The van der Waals surface area contributed by atoms with Crippen molar-refractivity contribution >= 4 is 21.5 Å². The molecule has 5 aromatic rings. The van der Waals surface area contributed by atoms with Gasteiger partial charge in [-0.2, -0.15) is 5.10 Å². The molecule has 4 N–H and O–H groups in total. The maximum atomic E-state index is 13.5. The van der Waals surface area contributed by atoms with Gasteiger partial charge in [0.1, 0.15) is 5.82 Å². The van der Waals surface area contributed by atoms with E-state index >= 15 is 0 Å². The molecule has 0 spiro atoms. The topological polar surface area (TPSA) is 87.6 Å². The molecule has 0 radical (unpaired) electrons. The van der Waals surface area contributed by atoms with Crippen molar-refractivity contribution in [2.24, 2.45) is 5.73 Å². The van der Waals surface area contributed by atoms with E-state index in [9.17, 15) is 9.18 Å². The van der Waals surface area contributed by atoms with Crippen LogP contribution in [0.5, 0.6) is 0 Å². The molecule has 0 amide bonds. The van der Waals surface area contributed by atoms with Gasteiger partial charge in [-0.1, -0.05) is 24.3 Å². The van der Waals surface area contributed by atoms with Gasteiger partial charge in [-0.15, -0.1) is 0 Å². The van der Waals surface area contributed by atoms with E-state index < -0.39 is 0 Å². The summed E-state index contributed by atoms with van der Waals surface area (Å²) in [6, 6.07) is 14.5. The Morgan fingerprint density at radius 2 is 1.71 bits per heavy atom. The van der Waals surface area contributed by atoms with E-state index in [2.05, 4.69) is 27.3 Å². The van der Waals surface area contributed by atoms with E-state index in [1.165, 1.54) is 12.1 Å². The summed E-state index contributed by atoms with van der Waals surface area (Å²) < 4.78 is 13.5. The summed E-state index contributed by atoms with van der Waals surface area (Å²) in [5.41, 5.74) is 10.4. The van der Waals surface area contributed by atoms with Gasteiger partial charge in [-0.05, 0) is 76.5 Å². The molecular weight excluding hydrogens is 391 g/mol. The second kappa shape index (κ2) is 7.81. The minimum absolute atomic E-state index is 0.152. The van der Waals surface area contributed by atoms with Crippen molar-refractivity contribution in [1.82, 2.24) is 15.2 Å². The average Bonchev–Trinajstić information content (AvgIpc) is 3.33. The van der Waals surface area contributed by atoms with E-state index in [-0.39, 0.29) is 11.4 Å². The lowest BCUT2D eigenvalue weighted by molar-refractivity contribution is 0.628. The molecule has 6 heteroatoms. The predicted molar refractivity (Wildman–Crippen MR) is 122 cm³/mol. The molecule has 2 heterocycles. The summed E-state index contributed by atoms with van der Waals surface area (Å²) in [6.07, 6.45) is 6.95. The van der Waals surface area contributed by atoms with Crippen LogP contribution < -0.4 is 11.3 Å². The van der Waals surface area contributed by atoms with Crippen LogP contribution in [0.4, 0.5) is 4.39 Å². The summed E-state index contributed by atoms with van der Waals surface area (Å²) in [5.74, 6) is -0.295. The summed E-state index contributed by atoms with van der Waals surface area (Å²) in [5, 5.41) is 10.3. The molecule has 0 saturated carbocycles. The van der Waals surface area contributed by atoms with E-state index in [1.54, 1.807) is 24.5 Å². The van der Waals surface area contributed by atoms with Crippen LogP contribution in [0.3, 0.4) is 0 Å². The van der Waals surface area contributed by atoms with Crippen LogP contribution in [0.2, 0.25) is 0 Å². The quantitative estimate of drug-likeness (QED) is 0.364. The number of hydrogen-bond donors (Lipinski definition) is 3. The maximum absolute atomic E-state index is 13.5. The van der Waals surface area contributed by atoms with Crippen LogP contribution in [0.1, 0.15) is 12.0 Å². The van der Waals surface area contributed by atoms with Crippen LogP contribution >= 0.6 is 0 Å². The van der Waals surface area contributed by atoms with Crippen LogP contribution in [-0.4, -0.2) is 21.7 Å². The molecule has 0 aliphatic carbocycles. The molecule has 3 aromatic carbocycles. The van der Waals surface area contributed by atoms with Crippen molar-refractivity contribution in [2.75, 3.05) is 6.54 Å². The number of rotatable bonds is 5. The first-order valence-corrected chi connectivity index (χ1v) is 10.2.